The third kappa shape index (κ3) is 10.5. The highest BCUT2D eigenvalue weighted by Crippen LogP contribution is 2.41. The van der Waals surface area contributed by atoms with E-state index < -0.39 is 0 Å². The molecule has 10 nitrogen and oxygen atoms in total. The van der Waals surface area contributed by atoms with Gasteiger partial charge in [0.15, 0.2) is 23.1 Å². The number of benzene rings is 8. The van der Waals surface area contributed by atoms with E-state index in [1.165, 1.54) is 29.3 Å². The first-order chi connectivity index (χ1) is 36.5. The predicted octanol–water partition coefficient (Wildman–Crippen LogP) is 13.8. The summed E-state index contributed by atoms with van der Waals surface area (Å²) in [4.78, 5) is 48.2. The minimum absolute atomic E-state index is 0.00190. The molecule has 4 aliphatic carbocycles. The summed E-state index contributed by atoms with van der Waals surface area (Å²) >= 11 is 0. The summed E-state index contributed by atoms with van der Waals surface area (Å²) in [6, 6.07) is 48.1. The third-order valence-corrected chi connectivity index (χ3v) is 14.9. The van der Waals surface area contributed by atoms with E-state index in [1.54, 1.807) is 32.4 Å². The Morgan fingerprint density at radius 1 is 0.329 bits per heavy atom. The van der Waals surface area contributed by atoms with E-state index in [1.807, 2.05) is 131 Å². The minimum Gasteiger partial charge on any atom is -0.508 e. The smallest absolute Gasteiger partial charge is 0.166 e. The Balaban J connectivity index is 0.000000124. The van der Waals surface area contributed by atoms with Crippen molar-refractivity contribution in [3.05, 3.63) is 202 Å². The van der Waals surface area contributed by atoms with Gasteiger partial charge in [-0.3, -0.25) is 19.2 Å². The highest BCUT2D eigenvalue weighted by Gasteiger charge is 2.32. The van der Waals surface area contributed by atoms with Gasteiger partial charge in [-0.05, 0) is 135 Å². The Morgan fingerprint density at radius 3 is 1.14 bits per heavy atom. The molecule has 8 aromatic carbocycles. The number of hydrogen-bond donors (Lipinski definition) is 4. The van der Waals surface area contributed by atoms with Crippen molar-refractivity contribution in [3.8, 4) is 79.0 Å². The Labute approximate surface area is 442 Å². The van der Waals surface area contributed by atoms with Gasteiger partial charge in [0.25, 0.3) is 0 Å². The molecular formula is C66H60O10. The average molecular weight is 1010 g/mol. The van der Waals surface area contributed by atoms with Crippen LogP contribution < -0.4 is 9.47 Å². The molecule has 0 saturated heterocycles. The number of ether oxygens (including phenoxy) is 2. The summed E-state index contributed by atoms with van der Waals surface area (Å²) in [6.07, 6.45) is 3.09. The Bertz CT molecular complexity index is 3530. The molecule has 4 N–H and O–H groups in total. The molecule has 4 atom stereocenters. The molecule has 0 aromatic heterocycles. The van der Waals surface area contributed by atoms with Crippen LogP contribution in [0, 0.1) is 23.7 Å². The molecule has 0 bridgehead atoms. The summed E-state index contributed by atoms with van der Waals surface area (Å²) in [5, 5.41) is 38.5. The zero-order valence-electron chi connectivity index (χ0n) is 43.4. The van der Waals surface area contributed by atoms with Gasteiger partial charge in [-0.2, -0.15) is 0 Å². The molecule has 4 unspecified atom stereocenters. The first-order valence-corrected chi connectivity index (χ1v) is 25.5. The van der Waals surface area contributed by atoms with Gasteiger partial charge in [-0.1, -0.05) is 125 Å². The lowest BCUT2D eigenvalue weighted by Gasteiger charge is -2.10. The number of hydrogen-bond acceptors (Lipinski definition) is 10. The van der Waals surface area contributed by atoms with Crippen LogP contribution in [-0.4, -0.2) is 57.8 Å². The van der Waals surface area contributed by atoms with Crippen LogP contribution >= 0.6 is 0 Å². The maximum Gasteiger partial charge on any atom is 0.166 e. The van der Waals surface area contributed by atoms with Crippen molar-refractivity contribution >= 4 is 23.1 Å². The lowest BCUT2D eigenvalue weighted by Crippen LogP contribution is -2.02. The lowest BCUT2D eigenvalue weighted by atomic mass is 9.96. The molecule has 8 aromatic rings. The second-order valence-electron chi connectivity index (χ2n) is 20.1. The van der Waals surface area contributed by atoms with Crippen LogP contribution in [0.4, 0.5) is 0 Å². The number of carbonyl (C=O) groups excluding carboxylic acids is 4. The quantitative estimate of drug-likeness (QED) is 0.126. The fourth-order valence-corrected chi connectivity index (χ4v) is 10.9. The van der Waals surface area contributed by atoms with E-state index in [0.29, 0.717) is 18.4 Å². The number of phenols is 4. The van der Waals surface area contributed by atoms with Crippen LogP contribution in [0.15, 0.2) is 158 Å². The molecular weight excluding hydrogens is 953 g/mol. The number of aromatic hydroxyl groups is 4. The minimum atomic E-state index is -0.00425. The van der Waals surface area contributed by atoms with Gasteiger partial charge >= 0.3 is 0 Å². The van der Waals surface area contributed by atoms with E-state index >= 15 is 0 Å². The van der Waals surface area contributed by atoms with E-state index in [2.05, 4.69) is 18.2 Å². The molecule has 0 aliphatic heterocycles. The Morgan fingerprint density at radius 2 is 0.711 bits per heavy atom. The van der Waals surface area contributed by atoms with Crippen LogP contribution in [0.3, 0.4) is 0 Å². The largest absolute Gasteiger partial charge is 0.508 e. The van der Waals surface area contributed by atoms with Crippen LogP contribution in [0.5, 0.6) is 34.5 Å². The fraction of sp³-hybridized carbons (Fsp3) is 0.212. The zero-order chi connectivity index (χ0) is 53.9. The molecule has 76 heavy (non-hydrogen) atoms. The molecule has 12 rings (SSSR count). The summed E-state index contributed by atoms with van der Waals surface area (Å²) < 4.78 is 10.4. The number of ketones is 4. The summed E-state index contributed by atoms with van der Waals surface area (Å²) in [5.74, 6) is 2.84. The van der Waals surface area contributed by atoms with E-state index in [-0.39, 0.29) is 69.8 Å². The van der Waals surface area contributed by atoms with Gasteiger partial charge in [0.05, 0.1) is 14.2 Å². The number of fused-ring (bicyclic) bond motifs is 4. The highest BCUT2D eigenvalue weighted by molar-refractivity contribution is 6.06. The lowest BCUT2D eigenvalue weighted by molar-refractivity contribution is 0.0939. The zero-order valence-corrected chi connectivity index (χ0v) is 43.4. The normalized spacial score (nSPS) is 17.4. The molecule has 0 radical (unpaired) electrons. The number of methoxy groups -OCH3 is 2. The van der Waals surface area contributed by atoms with Crippen molar-refractivity contribution in [1.82, 2.24) is 0 Å². The molecule has 384 valence electrons. The average Bonchev–Trinajstić information content (AvgIpc) is 4.11. The molecule has 4 aliphatic rings. The Hall–Kier alpha value is -8.76. The van der Waals surface area contributed by atoms with Gasteiger partial charge < -0.3 is 29.9 Å². The van der Waals surface area contributed by atoms with Gasteiger partial charge in [0.1, 0.15) is 34.5 Å². The van der Waals surface area contributed by atoms with Crippen LogP contribution in [0.25, 0.3) is 44.5 Å². The molecule has 0 spiro atoms. The number of rotatable bonds is 6. The summed E-state index contributed by atoms with van der Waals surface area (Å²) in [5.41, 5.74) is 15.3. The van der Waals surface area contributed by atoms with Crippen LogP contribution in [-0.2, 0) is 25.7 Å². The number of phenolic OH excluding ortho intramolecular Hbond substituents is 4. The van der Waals surface area contributed by atoms with Crippen molar-refractivity contribution in [2.45, 2.75) is 53.4 Å². The summed E-state index contributed by atoms with van der Waals surface area (Å²) in [6.45, 7) is 7.84. The summed E-state index contributed by atoms with van der Waals surface area (Å²) in [7, 11) is 3.33. The van der Waals surface area contributed by atoms with Crippen molar-refractivity contribution < 1.29 is 49.1 Å². The molecule has 10 heteroatoms. The third-order valence-electron chi connectivity index (χ3n) is 14.9. The number of Topliss-reactive ketones (excluding diaryl/α,β-unsaturated/α-hetero) is 4. The highest BCUT2D eigenvalue weighted by atomic mass is 16.5. The second-order valence-corrected chi connectivity index (χ2v) is 20.1. The SMILES string of the molecule is CC1Cc2c(cccc2-c2cc(O)cc(O)c2)C1=O.CC1Cc2c(cccc2-c2ccc(O)cc2O)C1=O.COc1ccc(-c2cccc3c2CC(C)C3=O)cc1.COc1cccc(-c2cccc3c2CC(C)C3=O)c1. The standard InChI is InChI=1S/2C17H16O2.2C16H14O3/c1-11-9-16-14(7-4-8-15(16)17(11)18)12-5-3-6-13(10-12)19-2;1-11-10-16-14(4-3-5-15(16)17(11)18)12-6-8-13(19-2)9-7-12;1-9-5-15-13(3-2-4-14(15)16(9)19)10-6-11(17)8-12(18)7-10;1-9-7-14-11(3-2-4-13(14)16(9)19)12-6-5-10(17)8-15(12)18/h3-8,10-11H,9H2,1-2H3;3-9,11H,10H2,1-2H3;2-4,6-9,17-18H,5H2,1H3;2-6,8-9,17-18H,7H2,1H3. The van der Waals surface area contributed by atoms with E-state index in [9.17, 15) is 39.6 Å². The van der Waals surface area contributed by atoms with E-state index in [0.717, 1.165) is 96.7 Å². The first kappa shape index (κ1) is 52.1. The van der Waals surface area contributed by atoms with Crippen molar-refractivity contribution in [1.29, 1.82) is 0 Å². The van der Waals surface area contributed by atoms with Gasteiger partial charge in [-0.15, -0.1) is 0 Å². The maximum atomic E-state index is 12.1. The van der Waals surface area contributed by atoms with Gasteiger partial charge in [0.2, 0.25) is 0 Å². The molecule has 0 heterocycles. The van der Waals surface area contributed by atoms with Crippen molar-refractivity contribution in [3.63, 3.8) is 0 Å². The van der Waals surface area contributed by atoms with Crippen molar-refractivity contribution in [2.75, 3.05) is 14.2 Å². The fourth-order valence-electron chi connectivity index (χ4n) is 10.9. The predicted molar refractivity (Wildman–Crippen MR) is 296 cm³/mol. The van der Waals surface area contributed by atoms with Crippen molar-refractivity contribution in [2.24, 2.45) is 23.7 Å². The molecule has 0 amide bonds. The Kier molecular flexibility index (Phi) is 15.1. The van der Waals surface area contributed by atoms with Gasteiger partial charge in [-0.25, -0.2) is 0 Å². The monoisotopic (exact) mass is 1010 g/mol. The number of carbonyl (C=O) groups is 4. The van der Waals surface area contributed by atoms with E-state index in [4.69, 9.17) is 9.47 Å². The van der Waals surface area contributed by atoms with Gasteiger partial charge in [0, 0.05) is 63.6 Å². The first-order valence-electron chi connectivity index (χ1n) is 25.5. The van der Waals surface area contributed by atoms with Crippen LogP contribution in [0.1, 0.15) is 91.4 Å². The second kappa shape index (κ2) is 22.0. The topological polar surface area (TPSA) is 168 Å². The van der Waals surface area contributed by atoms with Crippen LogP contribution in [0.2, 0.25) is 0 Å². The maximum absolute atomic E-state index is 12.1. The molecule has 0 fully saturated rings. The molecule has 0 saturated carbocycles.